The number of amides is 1. The molecule has 2 aliphatic rings. The number of methoxy groups -OCH3 is 1. The van der Waals surface area contributed by atoms with Gasteiger partial charge in [0.05, 0.1) is 16.8 Å². The van der Waals surface area contributed by atoms with E-state index in [0.29, 0.717) is 13.2 Å². The lowest BCUT2D eigenvalue weighted by molar-refractivity contribution is -0.121. The van der Waals surface area contributed by atoms with Gasteiger partial charge in [-0.1, -0.05) is 0 Å². The highest BCUT2D eigenvalue weighted by Crippen LogP contribution is 2.43. The molecule has 1 N–H and O–H groups in total. The Hall–Kier alpha value is -0.820. The van der Waals surface area contributed by atoms with Gasteiger partial charge >= 0.3 is 0 Å². The lowest BCUT2D eigenvalue weighted by Gasteiger charge is -2.31. The zero-order valence-corrected chi connectivity index (χ0v) is 14.9. The summed E-state index contributed by atoms with van der Waals surface area (Å²) in [4.78, 5) is 13.9. The fourth-order valence-electron chi connectivity index (χ4n) is 2.87. The number of hydrogen-bond acceptors (Lipinski definition) is 4. The predicted molar refractivity (Wildman–Crippen MR) is 91.4 cm³/mol. The largest absolute Gasteiger partial charge is 0.480 e. The summed E-state index contributed by atoms with van der Waals surface area (Å²) in [6.07, 6.45) is 1.94. The summed E-state index contributed by atoms with van der Waals surface area (Å²) in [6.45, 7) is 3.09. The number of benzene rings is 1. The Balaban J connectivity index is 0.00000176. The number of nitrogens with zero attached hydrogens (tertiary/aromatic N) is 1. The summed E-state index contributed by atoms with van der Waals surface area (Å²) in [5, 5.41) is 3.40. The van der Waals surface area contributed by atoms with Crippen molar-refractivity contribution in [2.75, 3.05) is 44.9 Å². The van der Waals surface area contributed by atoms with Gasteiger partial charge in [-0.3, -0.25) is 4.79 Å². The molecule has 0 aliphatic carbocycles. The summed E-state index contributed by atoms with van der Waals surface area (Å²) >= 11 is 3.68. The van der Waals surface area contributed by atoms with Crippen LogP contribution in [0.1, 0.15) is 11.1 Å². The first kappa shape index (κ1) is 17.5. The van der Waals surface area contributed by atoms with E-state index >= 15 is 0 Å². The van der Waals surface area contributed by atoms with Crippen LogP contribution in [0, 0.1) is 0 Å². The number of rotatable bonds is 3. The molecule has 2 aliphatic heterocycles. The first-order chi connectivity index (χ1) is 10.2. The molecule has 0 fully saturated rings. The Bertz CT molecular complexity index is 568. The molecule has 0 saturated heterocycles. The number of halogens is 2. The molecular formula is C15H20BrClN2O3. The topological polar surface area (TPSA) is 50.8 Å². The monoisotopic (exact) mass is 390 g/mol. The molecule has 122 valence electrons. The summed E-state index contributed by atoms with van der Waals surface area (Å²) in [6, 6.07) is 2.11. The van der Waals surface area contributed by atoms with E-state index in [1.54, 1.807) is 12.0 Å². The number of anilines is 1. The lowest BCUT2D eigenvalue weighted by atomic mass is 10.0. The van der Waals surface area contributed by atoms with Gasteiger partial charge in [-0.2, -0.15) is 0 Å². The Morgan fingerprint density at radius 1 is 1.41 bits per heavy atom. The second-order valence-electron chi connectivity index (χ2n) is 5.25. The fourth-order valence-corrected chi connectivity index (χ4v) is 3.65. The molecule has 0 spiro atoms. The van der Waals surface area contributed by atoms with E-state index in [9.17, 15) is 4.79 Å². The standard InChI is InChI=1S/C15H19BrN2O3.ClH/c1-20-7-6-18-12-8-10-2-4-17-5-3-11(10)14(16)15(12)21-9-13(18)19;/h8,17H,2-7,9H2,1H3;1H. The van der Waals surface area contributed by atoms with Gasteiger partial charge in [-0.25, -0.2) is 0 Å². The van der Waals surface area contributed by atoms with Gasteiger partial charge < -0.3 is 19.7 Å². The normalized spacial score (nSPS) is 17.0. The maximum absolute atomic E-state index is 12.1. The highest BCUT2D eigenvalue weighted by molar-refractivity contribution is 9.10. The van der Waals surface area contributed by atoms with Gasteiger partial charge in [-0.05, 0) is 59.1 Å². The molecule has 3 rings (SSSR count). The molecule has 1 aromatic rings. The quantitative estimate of drug-likeness (QED) is 0.855. The molecule has 0 saturated carbocycles. The third-order valence-corrected chi connectivity index (χ3v) is 4.81. The SMILES string of the molecule is COCCN1C(=O)COc2c1cc1c(c2Br)CCNCC1.Cl. The first-order valence-corrected chi connectivity index (χ1v) is 7.98. The molecule has 0 aromatic heterocycles. The average Bonchev–Trinajstić information content (AvgIpc) is 2.72. The number of carbonyl (C=O) groups is 1. The average molecular weight is 392 g/mol. The Morgan fingerprint density at radius 3 is 2.95 bits per heavy atom. The fraction of sp³-hybridized carbons (Fsp3) is 0.533. The maximum Gasteiger partial charge on any atom is 0.265 e. The molecule has 1 aromatic carbocycles. The first-order valence-electron chi connectivity index (χ1n) is 7.19. The van der Waals surface area contributed by atoms with Gasteiger partial charge in [0.2, 0.25) is 0 Å². The van der Waals surface area contributed by atoms with E-state index in [-0.39, 0.29) is 24.9 Å². The van der Waals surface area contributed by atoms with Crippen molar-refractivity contribution < 1.29 is 14.3 Å². The third kappa shape index (κ3) is 3.25. The number of ether oxygens (including phenoxy) is 2. The summed E-state index contributed by atoms with van der Waals surface area (Å²) in [5.41, 5.74) is 3.43. The van der Waals surface area contributed by atoms with Crippen LogP contribution in [-0.2, 0) is 22.4 Å². The number of fused-ring (bicyclic) bond motifs is 2. The van der Waals surface area contributed by atoms with Crippen molar-refractivity contribution in [1.29, 1.82) is 0 Å². The highest BCUT2D eigenvalue weighted by atomic mass is 79.9. The van der Waals surface area contributed by atoms with Gasteiger partial charge in [0.25, 0.3) is 5.91 Å². The molecule has 5 nitrogen and oxygen atoms in total. The van der Waals surface area contributed by atoms with Crippen LogP contribution in [0.5, 0.6) is 5.75 Å². The van der Waals surface area contributed by atoms with Crippen molar-refractivity contribution >= 4 is 39.9 Å². The van der Waals surface area contributed by atoms with Crippen LogP contribution in [-0.4, -0.2) is 45.9 Å². The molecule has 0 radical (unpaired) electrons. The Morgan fingerprint density at radius 2 is 2.18 bits per heavy atom. The van der Waals surface area contributed by atoms with Gasteiger partial charge in [0.1, 0.15) is 0 Å². The summed E-state index contributed by atoms with van der Waals surface area (Å²) < 4.78 is 11.8. The molecule has 2 heterocycles. The highest BCUT2D eigenvalue weighted by Gasteiger charge is 2.29. The van der Waals surface area contributed by atoms with Crippen LogP contribution in [0.3, 0.4) is 0 Å². The van der Waals surface area contributed by atoms with Crippen molar-refractivity contribution in [2.45, 2.75) is 12.8 Å². The van der Waals surface area contributed by atoms with Gasteiger partial charge in [0.15, 0.2) is 12.4 Å². The lowest BCUT2D eigenvalue weighted by Crippen LogP contribution is -2.41. The number of carbonyl (C=O) groups excluding carboxylic acids is 1. The Labute approximate surface area is 144 Å². The van der Waals surface area contributed by atoms with E-state index in [1.807, 2.05) is 0 Å². The second kappa shape index (κ2) is 7.64. The zero-order valence-electron chi connectivity index (χ0n) is 12.5. The zero-order chi connectivity index (χ0) is 14.8. The molecule has 0 atom stereocenters. The number of nitrogens with one attached hydrogen (secondary N) is 1. The molecule has 0 unspecified atom stereocenters. The van der Waals surface area contributed by atoms with Crippen LogP contribution in [0.4, 0.5) is 5.69 Å². The molecule has 1 amide bonds. The molecule has 22 heavy (non-hydrogen) atoms. The van der Waals surface area contributed by atoms with E-state index < -0.39 is 0 Å². The minimum Gasteiger partial charge on any atom is -0.480 e. The van der Waals surface area contributed by atoms with Crippen molar-refractivity contribution in [3.63, 3.8) is 0 Å². The summed E-state index contributed by atoms with van der Waals surface area (Å²) in [5.74, 6) is 0.768. The van der Waals surface area contributed by atoms with Crippen molar-refractivity contribution in [2.24, 2.45) is 0 Å². The van der Waals surface area contributed by atoms with Gasteiger partial charge in [-0.15, -0.1) is 12.4 Å². The van der Waals surface area contributed by atoms with Crippen molar-refractivity contribution in [3.8, 4) is 5.75 Å². The van der Waals surface area contributed by atoms with Crippen molar-refractivity contribution in [1.82, 2.24) is 5.32 Å². The third-order valence-electron chi connectivity index (χ3n) is 3.97. The predicted octanol–water partition coefficient (Wildman–Crippen LogP) is 1.93. The van der Waals surface area contributed by atoms with Gasteiger partial charge in [0, 0.05) is 13.7 Å². The molecular weight excluding hydrogens is 372 g/mol. The second-order valence-corrected chi connectivity index (χ2v) is 6.05. The van der Waals surface area contributed by atoms with E-state index in [2.05, 4.69) is 27.3 Å². The maximum atomic E-state index is 12.1. The van der Waals surface area contributed by atoms with Crippen LogP contribution in [0.2, 0.25) is 0 Å². The van der Waals surface area contributed by atoms with Crippen LogP contribution < -0.4 is 15.0 Å². The van der Waals surface area contributed by atoms with Crippen molar-refractivity contribution in [3.05, 3.63) is 21.7 Å². The van der Waals surface area contributed by atoms with E-state index in [1.165, 1.54) is 11.1 Å². The smallest absolute Gasteiger partial charge is 0.265 e. The van der Waals surface area contributed by atoms with E-state index in [4.69, 9.17) is 9.47 Å². The minimum atomic E-state index is -0.0156. The van der Waals surface area contributed by atoms with E-state index in [0.717, 1.165) is 41.8 Å². The Kier molecular flexibility index (Phi) is 6.09. The van der Waals surface area contributed by atoms with Crippen LogP contribution in [0.15, 0.2) is 10.5 Å². The number of hydrogen-bond donors (Lipinski definition) is 1. The molecule has 0 bridgehead atoms. The minimum absolute atomic E-state index is 0. The van der Waals surface area contributed by atoms with Crippen LogP contribution >= 0.6 is 28.3 Å². The van der Waals surface area contributed by atoms with Crippen LogP contribution in [0.25, 0.3) is 0 Å². The molecule has 7 heteroatoms. The summed E-state index contributed by atoms with van der Waals surface area (Å²) in [7, 11) is 1.64.